The van der Waals surface area contributed by atoms with Crippen LogP contribution in [0.15, 0.2) is 30.5 Å². The molecule has 0 aliphatic carbocycles. The number of hydrogen-bond donors (Lipinski definition) is 1. The van der Waals surface area contributed by atoms with Gasteiger partial charge in [0.05, 0.1) is 18.0 Å². The number of urea groups is 1. The third-order valence-corrected chi connectivity index (χ3v) is 7.03. The van der Waals surface area contributed by atoms with Gasteiger partial charge in [-0.25, -0.2) is 17.5 Å². The number of rotatable bonds is 4. The van der Waals surface area contributed by atoms with Crippen LogP contribution in [-0.2, 0) is 10.0 Å². The van der Waals surface area contributed by atoms with Gasteiger partial charge in [-0.2, -0.15) is 0 Å². The fourth-order valence-electron chi connectivity index (χ4n) is 3.28. The highest BCUT2D eigenvalue weighted by Gasteiger charge is 2.34. The number of sulfonamides is 1. The van der Waals surface area contributed by atoms with Crippen LogP contribution in [0.5, 0.6) is 5.75 Å². The molecule has 1 aromatic heterocycles. The molecule has 1 N–H and O–H groups in total. The van der Waals surface area contributed by atoms with Crippen molar-refractivity contribution >= 4 is 32.6 Å². The number of nitrogens with one attached hydrogen (secondary N) is 1. The summed E-state index contributed by atoms with van der Waals surface area (Å²) in [5.74, 6) is 0.624. The Morgan fingerprint density at radius 2 is 2.11 bits per heavy atom. The molecule has 9 heteroatoms. The molecule has 2 aromatic rings. The maximum Gasteiger partial charge on any atom is 0.321 e. The summed E-state index contributed by atoms with van der Waals surface area (Å²) in [5, 5.41) is 3.07. The van der Waals surface area contributed by atoms with E-state index in [1.54, 1.807) is 36.4 Å². The molecule has 8 nitrogen and oxygen atoms in total. The van der Waals surface area contributed by atoms with E-state index in [1.807, 2.05) is 6.07 Å². The van der Waals surface area contributed by atoms with Gasteiger partial charge in [0.2, 0.25) is 10.0 Å². The number of methoxy groups -OCH3 is 1. The Morgan fingerprint density at radius 1 is 1.33 bits per heavy atom. The summed E-state index contributed by atoms with van der Waals surface area (Å²) in [6.07, 6.45) is 2.87. The van der Waals surface area contributed by atoms with Gasteiger partial charge < -0.3 is 15.0 Å². The highest BCUT2D eigenvalue weighted by atomic mass is 32.2. The largest absolute Gasteiger partial charge is 0.494 e. The second kappa shape index (κ2) is 7.69. The zero-order chi connectivity index (χ0) is 19.6. The van der Waals surface area contributed by atoms with Crippen LogP contribution >= 0.6 is 0 Å². The second-order valence-electron chi connectivity index (χ2n) is 6.68. The molecule has 1 unspecified atom stereocenters. The third-order valence-electron chi connectivity index (χ3n) is 4.79. The van der Waals surface area contributed by atoms with Crippen molar-refractivity contribution in [2.75, 3.05) is 39.6 Å². The molecule has 0 saturated carbocycles. The minimum Gasteiger partial charge on any atom is -0.494 e. The molecule has 2 heterocycles. The first-order chi connectivity index (χ1) is 12.8. The molecule has 1 aliphatic rings. The lowest BCUT2D eigenvalue weighted by Gasteiger charge is -2.33. The van der Waals surface area contributed by atoms with Crippen molar-refractivity contribution in [2.45, 2.75) is 18.1 Å². The molecule has 1 aliphatic heterocycles. The third kappa shape index (κ3) is 3.84. The van der Waals surface area contributed by atoms with Crippen molar-refractivity contribution in [3.05, 3.63) is 30.5 Å². The monoisotopic (exact) mass is 392 g/mol. The lowest BCUT2D eigenvalue weighted by molar-refractivity contribution is 0.200. The molecule has 0 bridgehead atoms. The molecule has 1 aromatic carbocycles. The number of nitrogens with zero attached hydrogens (tertiary/aromatic N) is 3. The summed E-state index contributed by atoms with van der Waals surface area (Å²) in [4.78, 5) is 18.6. The van der Waals surface area contributed by atoms with Gasteiger partial charge in [-0.15, -0.1) is 0 Å². The van der Waals surface area contributed by atoms with Crippen molar-refractivity contribution in [3.8, 4) is 5.75 Å². The summed E-state index contributed by atoms with van der Waals surface area (Å²) in [6.45, 7) is 0.705. The van der Waals surface area contributed by atoms with Crippen molar-refractivity contribution < 1.29 is 17.9 Å². The second-order valence-corrected chi connectivity index (χ2v) is 9.11. The van der Waals surface area contributed by atoms with Crippen LogP contribution in [0, 0.1) is 0 Å². The topological polar surface area (TPSA) is 91.8 Å². The standard InChI is InChI=1S/C18H24N4O4S/c1-21(2)27(24,25)13-6-5-11-22(12-13)18(23)20-15-8-9-16(26-3)17-14(15)7-4-10-19-17/h4,7-10,13H,5-6,11-12H2,1-3H3,(H,20,23). The van der Waals surface area contributed by atoms with E-state index in [9.17, 15) is 13.2 Å². The Morgan fingerprint density at radius 3 is 2.81 bits per heavy atom. The van der Waals surface area contributed by atoms with E-state index < -0.39 is 15.3 Å². The van der Waals surface area contributed by atoms with Gasteiger partial charge in [0.15, 0.2) is 0 Å². The predicted octanol–water partition coefficient (Wildman–Crippen LogP) is 2.13. The summed E-state index contributed by atoms with van der Waals surface area (Å²) >= 11 is 0. The smallest absolute Gasteiger partial charge is 0.321 e. The highest BCUT2D eigenvalue weighted by molar-refractivity contribution is 7.89. The van der Waals surface area contributed by atoms with Crippen molar-refractivity contribution in [2.24, 2.45) is 0 Å². The van der Waals surface area contributed by atoms with Gasteiger partial charge in [0, 0.05) is 38.8 Å². The molecule has 1 saturated heterocycles. The van der Waals surface area contributed by atoms with Gasteiger partial charge in [0.25, 0.3) is 0 Å². The molecule has 0 spiro atoms. The maximum atomic E-state index is 12.8. The van der Waals surface area contributed by atoms with E-state index in [0.29, 0.717) is 36.3 Å². The minimum absolute atomic E-state index is 0.179. The number of anilines is 1. The van der Waals surface area contributed by atoms with Crippen LogP contribution in [-0.4, -0.2) is 68.2 Å². The van der Waals surface area contributed by atoms with Crippen LogP contribution < -0.4 is 10.1 Å². The Hall–Kier alpha value is -2.39. The molecular weight excluding hydrogens is 368 g/mol. The number of carbonyl (C=O) groups excluding carboxylic acids is 1. The Labute approximate surface area is 159 Å². The Kier molecular flexibility index (Phi) is 5.52. The van der Waals surface area contributed by atoms with Gasteiger partial charge in [0.1, 0.15) is 11.3 Å². The van der Waals surface area contributed by atoms with Gasteiger partial charge >= 0.3 is 6.03 Å². The van der Waals surface area contributed by atoms with E-state index in [0.717, 1.165) is 5.39 Å². The molecule has 1 fully saturated rings. The van der Waals surface area contributed by atoms with Crippen molar-refractivity contribution in [1.29, 1.82) is 0 Å². The van der Waals surface area contributed by atoms with E-state index in [4.69, 9.17) is 4.74 Å². The first kappa shape index (κ1) is 19.4. The number of aromatic nitrogens is 1. The van der Waals surface area contributed by atoms with E-state index in [1.165, 1.54) is 18.4 Å². The normalized spacial score (nSPS) is 17.9. The number of ether oxygens (including phenoxy) is 1. The number of fused-ring (bicyclic) bond motifs is 1. The number of amides is 2. The fourth-order valence-corrected chi connectivity index (χ4v) is 4.71. The van der Waals surface area contributed by atoms with E-state index in [2.05, 4.69) is 10.3 Å². The van der Waals surface area contributed by atoms with Crippen LogP contribution in [0.1, 0.15) is 12.8 Å². The Bertz CT molecular complexity index is 946. The number of pyridine rings is 1. The minimum atomic E-state index is -3.40. The molecular formula is C18H24N4O4S. The SMILES string of the molecule is COc1ccc(NC(=O)N2CCCC(S(=O)(=O)N(C)C)C2)c2cccnc12. The first-order valence-corrected chi connectivity index (χ1v) is 10.2. The molecule has 1 atom stereocenters. The predicted molar refractivity (Wildman–Crippen MR) is 105 cm³/mol. The van der Waals surface area contributed by atoms with Gasteiger partial charge in [-0.3, -0.25) is 4.98 Å². The number of benzene rings is 1. The summed E-state index contributed by atoms with van der Waals surface area (Å²) in [7, 11) is 1.21. The highest BCUT2D eigenvalue weighted by Crippen LogP contribution is 2.30. The van der Waals surface area contributed by atoms with Crippen LogP contribution in [0.3, 0.4) is 0 Å². The molecule has 146 valence electrons. The van der Waals surface area contributed by atoms with E-state index >= 15 is 0 Å². The van der Waals surface area contributed by atoms with Crippen LogP contribution in [0.2, 0.25) is 0 Å². The average Bonchev–Trinajstić information content (AvgIpc) is 2.68. The quantitative estimate of drug-likeness (QED) is 0.861. The molecule has 2 amide bonds. The van der Waals surface area contributed by atoms with Gasteiger partial charge in [-0.05, 0) is 37.1 Å². The maximum absolute atomic E-state index is 12.8. The molecule has 3 rings (SSSR count). The lowest BCUT2D eigenvalue weighted by atomic mass is 10.1. The zero-order valence-electron chi connectivity index (χ0n) is 15.7. The van der Waals surface area contributed by atoms with E-state index in [-0.39, 0.29) is 12.6 Å². The number of piperidine rings is 1. The first-order valence-electron chi connectivity index (χ1n) is 8.73. The van der Waals surface area contributed by atoms with Crippen LogP contribution in [0.25, 0.3) is 10.9 Å². The number of carbonyl (C=O) groups is 1. The fraction of sp³-hybridized carbons (Fsp3) is 0.444. The van der Waals surface area contributed by atoms with Crippen LogP contribution in [0.4, 0.5) is 10.5 Å². The number of likely N-dealkylation sites (tertiary alicyclic amines) is 1. The van der Waals surface area contributed by atoms with Crippen molar-refractivity contribution in [3.63, 3.8) is 0 Å². The average molecular weight is 392 g/mol. The van der Waals surface area contributed by atoms with Gasteiger partial charge in [-0.1, -0.05) is 0 Å². The summed E-state index contributed by atoms with van der Waals surface area (Å²) in [5.41, 5.74) is 1.27. The Balaban J connectivity index is 1.81. The zero-order valence-corrected chi connectivity index (χ0v) is 16.5. The molecule has 27 heavy (non-hydrogen) atoms. The summed E-state index contributed by atoms with van der Waals surface area (Å²) in [6, 6.07) is 6.84. The molecule has 0 radical (unpaired) electrons. The van der Waals surface area contributed by atoms with Crippen molar-refractivity contribution in [1.82, 2.24) is 14.2 Å². The number of hydrogen-bond acceptors (Lipinski definition) is 5. The summed E-state index contributed by atoms with van der Waals surface area (Å²) < 4.78 is 31.3. The lowest BCUT2D eigenvalue weighted by Crippen LogP contribution is -2.49.